The van der Waals surface area contributed by atoms with E-state index in [2.05, 4.69) is 5.32 Å². The second-order valence-corrected chi connectivity index (χ2v) is 6.27. The standard InChI is InChI=1S/C19H21ClN2O3/c1-24-18-9-5-3-7-16(18)21-19(23)22-12-10-14(11-13-22)25-17-8-4-2-6-15(17)20/h2-9,14H,10-13H2,1H3,(H,21,23). The van der Waals surface area contributed by atoms with E-state index in [4.69, 9.17) is 21.1 Å². The number of piperidine rings is 1. The number of nitrogens with one attached hydrogen (secondary N) is 1. The summed E-state index contributed by atoms with van der Waals surface area (Å²) in [4.78, 5) is 14.2. The molecule has 1 aliphatic rings. The first-order chi connectivity index (χ1) is 12.2. The lowest BCUT2D eigenvalue weighted by Crippen LogP contribution is -2.43. The Bertz CT molecular complexity index is 730. The van der Waals surface area contributed by atoms with E-state index in [1.165, 1.54) is 0 Å². The zero-order valence-corrected chi connectivity index (χ0v) is 14.8. The van der Waals surface area contributed by atoms with Crippen molar-refractivity contribution >= 4 is 23.3 Å². The zero-order chi connectivity index (χ0) is 17.6. The summed E-state index contributed by atoms with van der Waals surface area (Å²) >= 11 is 6.13. The number of amides is 2. The molecule has 0 atom stereocenters. The van der Waals surface area contributed by atoms with Crippen LogP contribution in [0.25, 0.3) is 0 Å². The first kappa shape index (κ1) is 17.4. The first-order valence-electron chi connectivity index (χ1n) is 8.27. The topological polar surface area (TPSA) is 50.8 Å². The van der Waals surface area contributed by atoms with E-state index in [9.17, 15) is 4.79 Å². The Morgan fingerprint density at radius 3 is 2.40 bits per heavy atom. The lowest BCUT2D eigenvalue weighted by Gasteiger charge is -2.32. The van der Waals surface area contributed by atoms with Crippen molar-refractivity contribution in [2.24, 2.45) is 0 Å². The minimum absolute atomic E-state index is 0.0650. The molecule has 1 saturated heterocycles. The van der Waals surface area contributed by atoms with Crippen molar-refractivity contribution < 1.29 is 14.3 Å². The number of methoxy groups -OCH3 is 1. The summed E-state index contributed by atoms with van der Waals surface area (Å²) in [5.74, 6) is 1.34. The quantitative estimate of drug-likeness (QED) is 0.877. The second kappa shape index (κ2) is 8.12. The van der Waals surface area contributed by atoms with Gasteiger partial charge in [0, 0.05) is 25.9 Å². The lowest BCUT2D eigenvalue weighted by molar-refractivity contribution is 0.115. The van der Waals surface area contributed by atoms with Crippen LogP contribution in [0.2, 0.25) is 5.02 Å². The Morgan fingerprint density at radius 2 is 1.72 bits per heavy atom. The van der Waals surface area contributed by atoms with E-state index in [0.717, 1.165) is 12.8 Å². The number of anilines is 1. The molecule has 2 aromatic rings. The second-order valence-electron chi connectivity index (χ2n) is 5.87. The predicted molar refractivity (Wildman–Crippen MR) is 98.7 cm³/mol. The Balaban J connectivity index is 1.53. The number of urea groups is 1. The predicted octanol–water partition coefficient (Wildman–Crippen LogP) is 4.42. The van der Waals surface area contributed by atoms with Gasteiger partial charge in [0.1, 0.15) is 17.6 Å². The van der Waals surface area contributed by atoms with Crippen molar-refractivity contribution in [1.29, 1.82) is 0 Å². The number of likely N-dealkylation sites (tertiary alicyclic amines) is 1. The first-order valence-corrected chi connectivity index (χ1v) is 8.65. The zero-order valence-electron chi connectivity index (χ0n) is 14.1. The van der Waals surface area contributed by atoms with E-state index in [1.54, 1.807) is 12.0 Å². The Morgan fingerprint density at radius 1 is 1.08 bits per heavy atom. The fraction of sp³-hybridized carbons (Fsp3) is 0.316. The molecule has 25 heavy (non-hydrogen) atoms. The molecule has 1 aliphatic heterocycles. The van der Waals surface area contributed by atoms with Gasteiger partial charge in [0.2, 0.25) is 0 Å². The van der Waals surface area contributed by atoms with Crippen LogP contribution in [0, 0.1) is 0 Å². The minimum atomic E-state index is -0.124. The van der Waals surface area contributed by atoms with E-state index in [1.807, 2.05) is 48.5 Å². The summed E-state index contributed by atoms with van der Waals surface area (Å²) in [6.07, 6.45) is 1.60. The van der Waals surface area contributed by atoms with Crippen molar-refractivity contribution in [3.05, 3.63) is 53.6 Å². The van der Waals surface area contributed by atoms with Gasteiger partial charge in [-0.3, -0.25) is 0 Å². The molecule has 5 nitrogen and oxygen atoms in total. The number of carbonyl (C=O) groups excluding carboxylic acids is 1. The van der Waals surface area contributed by atoms with Gasteiger partial charge in [0.25, 0.3) is 0 Å². The molecule has 1 N–H and O–H groups in total. The number of hydrogen-bond acceptors (Lipinski definition) is 3. The van der Waals surface area contributed by atoms with E-state index >= 15 is 0 Å². The molecule has 0 spiro atoms. The third-order valence-electron chi connectivity index (χ3n) is 4.21. The van der Waals surface area contributed by atoms with E-state index in [0.29, 0.717) is 35.3 Å². The van der Waals surface area contributed by atoms with Crippen LogP contribution in [-0.4, -0.2) is 37.2 Å². The molecule has 0 bridgehead atoms. The van der Waals surface area contributed by atoms with Crippen LogP contribution >= 0.6 is 11.6 Å². The smallest absolute Gasteiger partial charge is 0.321 e. The molecule has 2 aromatic carbocycles. The molecule has 132 valence electrons. The van der Waals surface area contributed by atoms with Crippen molar-refractivity contribution in [3.63, 3.8) is 0 Å². The van der Waals surface area contributed by atoms with Gasteiger partial charge in [-0.2, -0.15) is 0 Å². The summed E-state index contributed by atoms with van der Waals surface area (Å²) in [6, 6.07) is 14.7. The van der Waals surface area contributed by atoms with Crippen LogP contribution in [0.1, 0.15) is 12.8 Å². The number of ether oxygens (including phenoxy) is 2. The maximum atomic E-state index is 12.5. The van der Waals surface area contributed by atoms with Crippen molar-refractivity contribution in [3.8, 4) is 11.5 Å². The van der Waals surface area contributed by atoms with Crippen LogP contribution < -0.4 is 14.8 Å². The molecule has 3 rings (SSSR count). The summed E-state index contributed by atoms with van der Waals surface area (Å²) in [6.45, 7) is 1.27. The average Bonchev–Trinajstić information content (AvgIpc) is 2.64. The number of halogens is 1. The molecule has 0 aromatic heterocycles. The van der Waals surface area contributed by atoms with Gasteiger partial charge in [-0.1, -0.05) is 35.9 Å². The third kappa shape index (κ3) is 4.37. The number of hydrogen-bond donors (Lipinski definition) is 1. The fourth-order valence-electron chi connectivity index (χ4n) is 2.84. The Labute approximate surface area is 152 Å². The minimum Gasteiger partial charge on any atom is -0.495 e. The number of nitrogens with zero attached hydrogens (tertiary/aromatic N) is 1. The highest BCUT2D eigenvalue weighted by molar-refractivity contribution is 6.32. The van der Waals surface area contributed by atoms with Crippen LogP contribution in [0.15, 0.2) is 48.5 Å². The lowest BCUT2D eigenvalue weighted by atomic mass is 10.1. The van der Waals surface area contributed by atoms with E-state index < -0.39 is 0 Å². The Kier molecular flexibility index (Phi) is 5.66. The molecule has 0 saturated carbocycles. The largest absolute Gasteiger partial charge is 0.495 e. The highest BCUT2D eigenvalue weighted by atomic mass is 35.5. The summed E-state index contributed by atoms with van der Waals surface area (Å²) in [7, 11) is 1.59. The van der Waals surface area contributed by atoms with Gasteiger partial charge in [0.15, 0.2) is 0 Å². The van der Waals surface area contributed by atoms with Gasteiger partial charge in [-0.05, 0) is 24.3 Å². The summed E-state index contributed by atoms with van der Waals surface area (Å²) in [5, 5.41) is 3.51. The highest BCUT2D eigenvalue weighted by Gasteiger charge is 2.24. The fourth-order valence-corrected chi connectivity index (χ4v) is 3.02. The van der Waals surface area contributed by atoms with Crippen molar-refractivity contribution in [2.45, 2.75) is 18.9 Å². The van der Waals surface area contributed by atoms with Gasteiger partial charge < -0.3 is 19.7 Å². The van der Waals surface area contributed by atoms with Gasteiger partial charge in [0.05, 0.1) is 17.8 Å². The van der Waals surface area contributed by atoms with Gasteiger partial charge in [-0.15, -0.1) is 0 Å². The van der Waals surface area contributed by atoms with Crippen molar-refractivity contribution in [1.82, 2.24) is 4.90 Å². The monoisotopic (exact) mass is 360 g/mol. The molecular formula is C19H21ClN2O3. The molecule has 6 heteroatoms. The van der Waals surface area contributed by atoms with Gasteiger partial charge >= 0.3 is 6.03 Å². The molecule has 0 radical (unpaired) electrons. The highest BCUT2D eigenvalue weighted by Crippen LogP contribution is 2.27. The van der Waals surface area contributed by atoms with Gasteiger partial charge in [-0.25, -0.2) is 4.79 Å². The summed E-state index contributed by atoms with van der Waals surface area (Å²) < 4.78 is 11.2. The molecule has 1 heterocycles. The van der Waals surface area contributed by atoms with Crippen LogP contribution in [0.3, 0.4) is 0 Å². The van der Waals surface area contributed by atoms with E-state index in [-0.39, 0.29) is 12.1 Å². The summed E-state index contributed by atoms with van der Waals surface area (Å²) in [5.41, 5.74) is 0.671. The number of benzene rings is 2. The maximum Gasteiger partial charge on any atom is 0.321 e. The SMILES string of the molecule is COc1ccccc1NC(=O)N1CCC(Oc2ccccc2Cl)CC1. The van der Waals surface area contributed by atoms with Crippen LogP contribution in [0.4, 0.5) is 10.5 Å². The number of carbonyl (C=O) groups is 1. The number of para-hydroxylation sites is 3. The molecule has 0 unspecified atom stereocenters. The van der Waals surface area contributed by atoms with Crippen LogP contribution in [0.5, 0.6) is 11.5 Å². The maximum absolute atomic E-state index is 12.5. The number of rotatable bonds is 4. The van der Waals surface area contributed by atoms with Crippen molar-refractivity contribution in [2.75, 3.05) is 25.5 Å². The molecular weight excluding hydrogens is 340 g/mol. The molecule has 0 aliphatic carbocycles. The third-order valence-corrected chi connectivity index (χ3v) is 4.52. The molecule has 1 fully saturated rings. The van der Waals surface area contributed by atoms with Crippen LogP contribution in [-0.2, 0) is 0 Å². The molecule has 2 amide bonds. The normalized spacial score (nSPS) is 14.9. The Hall–Kier alpha value is -2.40. The average molecular weight is 361 g/mol.